The standard InChI is InChI=1S/C14H21N5/c1-10(2)9-15-12(4)14-16-17-18-19(14)13-7-5-6-11(3)8-13/h5-8,10,12,15H,9H2,1-4H3. The third-order valence-corrected chi connectivity index (χ3v) is 2.96. The Balaban J connectivity index is 2.22. The quantitative estimate of drug-likeness (QED) is 0.895. The molecule has 1 heterocycles. The summed E-state index contributed by atoms with van der Waals surface area (Å²) >= 11 is 0. The molecule has 5 heteroatoms. The van der Waals surface area contributed by atoms with E-state index in [4.69, 9.17) is 0 Å². The molecule has 2 aromatic rings. The number of benzene rings is 1. The minimum absolute atomic E-state index is 0.123. The lowest BCUT2D eigenvalue weighted by molar-refractivity contribution is 0.475. The molecule has 1 aromatic heterocycles. The molecular weight excluding hydrogens is 238 g/mol. The topological polar surface area (TPSA) is 55.6 Å². The van der Waals surface area contributed by atoms with Gasteiger partial charge in [-0.3, -0.25) is 0 Å². The number of hydrogen-bond acceptors (Lipinski definition) is 4. The van der Waals surface area contributed by atoms with Gasteiger partial charge in [-0.2, -0.15) is 4.68 Å². The van der Waals surface area contributed by atoms with Crippen LogP contribution in [0.4, 0.5) is 0 Å². The first kappa shape index (κ1) is 13.7. The van der Waals surface area contributed by atoms with Crippen molar-refractivity contribution in [2.45, 2.75) is 33.7 Å². The van der Waals surface area contributed by atoms with Crippen LogP contribution in [0.2, 0.25) is 0 Å². The normalized spacial score (nSPS) is 12.9. The molecule has 1 atom stereocenters. The van der Waals surface area contributed by atoms with Crippen LogP contribution in [0.25, 0.3) is 5.69 Å². The fraction of sp³-hybridized carbons (Fsp3) is 0.500. The van der Waals surface area contributed by atoms with Crippen molar-refractivity contribution in [2.24, 2.45) is 5.92 Å². The van der Waals surface area contributed by atoms with E-state index in [1.165, 1.54) is 5.56 Å². The maximum absolute atomic E-state index is 4.14. The predicted molar refractivity (Wildman–Crippen MR) is 75.1 cm³/mol. The lowest BCUT2D eigenvalue weighted by Crippen LogP contribution is -2.25. The van der Waals surface area contributed by atoms with E-state index in [9.17, 15) is 0 Å². The Morgan fingerprint density at radius 1 is 1.26 bits per heavy atom. The van der Waals surface area contributed by atoms with Gasteiger partial charge in [0.1, 0.15) is 0 Å². The van der Waals surface area contributed by atoms with Crippen LogP contribution in [0.1, 0.15) is 38.2 Å². The van der Waals surface area contributed by atoms with Crippen molar-refractivity contribution in [2.75, 3.05) is 6.54 Å². The SMILES string of the molecule is Cc1cccc(-n2nnnc2C(C)NCC(C)C)c1. The molecule has 1 aromatic carbocycles. The van der Waals surface area contributed by atoms with Crippen molar-refractivity contribution in [3.8, 4) is 5.69 Å². The molecule has 2 rings (SSSR count). The summed E-state index contributed by atoms with van der Waals surface area (Å²) in [6.07, 6.45) is 0. The van der Waals surface area contributed by atoms with E-state index in [2.05, 4.69) is 60.7 Å². The van der Waals surface area contributed by atoms with Gasteiger partial charge in [0.25, 0.3) is 0 Å². The van der Waals surface area contributed by atoms with E-state index in [0.29, 0.717) is 5.92 Å². The van der Waals surface area contributed by atoms with Gasteiger partial charge in [0.2, 0.25) is 0 Å². The van der Waals surface area contributed by atoms with Crippen molar-refractivity contribution in [1.82, 2.24) is 25.5 Å². The second kappa shape index (κ2) is 5.93. The summed E-state index contributed by atoms with van der Waals surface area (Å²) in [5.74, 6) is 1.44. The zero-order valence-electron chi connectivity index (χ0n) is 12.0. The second-order valence-electron chi connectivity index (χ2n) is 5.31. The van der Waals surface area contributed by atoms with E-state index < -0.39 is 0 Å². The lowest BCUT2D eigenvalue weighted by atomic mass is 10.2. The smallest absolute Gasteiger partial charge is 0.173 e. The summed E-state index contributed by atoms with van der Waals surface area (Å²) in [7, 11) is 0. The van der Waals surface area contributed by atoms with E-state index >= 15 is 0 Å². The van der Waals surface area contributed by atoms with Crippen molar-refractivity contribution in [3.63, 3.8) is 0 Å². The third-order valence-electron chi connectivity index (χ3n) is 2.96. The van der Waals surface area contributed by atoms with Crippen molar-refractivity contribution in [3.05, 3.63) is 35.7 Å². The molecule has 0 radical (unpaired) electrons. The minimum atomic E-state index is 0.123. The second-order valence-corrected chi connectivity index (χ2v) is 5.31. The number of aryl methyl sites for hydroxylation is 1. The summed E-state index contributed by atoms with van der Waals surface area (Å²) in [6, 6.07) is 8.30. The van der Waals surface area contributed by atoms with Crippen LogP contribution < -0.4 is 5.32 Å². The Morgan fingerprint density at radius 3 is 2.74 bits per heavy atom. The molecule has 0 spiro atoms. The number of aromatic nitrogens is 4. The average Bonchev–Trinajstić information content (AvgIpc) is 2.85. The summed E-state index contributed by atoms with van der Waals surface area (Å²) < 4.78 is 1.80. The Morgan fingerprint density at radius 2 is 2.05 bits per heavy atom. The minimum Gasteiger partial charge on any atom is -0.307 e. The molecule has 1 N–H and O–H groups in total. The third kappa shape index (κ3) is 3.38. The van der Waals surface area contributed by atoms with Gasteiger partial charge in [0, 0.05) is 0 Å². The fourth-order valence-electron chi connectivity index (χ4n) is 1.91. The number of tetrazole rings is 1. The molecule has 102 valence electrons. The number of nitrogens with zero attached hydrogens (tertiary/aromatic N) is 4. The summed E-state index contributed by atoms with van der Waals surface area (Å²) in [5, 5.41) is 15.5. The molecule has 1 unspecified atom stereocenters. The van der Waals surface area contributed by atoms with Crippen LogP contribution in [0.3, 0.4) is 0 Å². The first-order valence-electron chi connectivity index (χ1n) is 6.66. The van der Waals surface area contributed by atoms with Crippen LogP contribution in [0.15, 0.2) is 24.3 Å². The van der Waals surface area contributed by atoms with Gasteiger partial charge < -0.3 is 5.32 Å². The zero-order valence-corrected chi connectivity index (χ0v) is 12.0. The Bertz CT molecular complexity index is 532. The van der Waals surface area contributed by atoms with Gasteiger partial charge in [-0.25, -0.2) is 0 Å². The predicted octanol–water partition coefficient (Wildman–Crippen LogP) is 2.28. The van der Waals surface area contributed by atoms with Crippen LogP contribution in [0, 0.1) is 12.8 Å². The molecule has 19 heavy (non-hydrogen) atoms. The van der Waals surface area contributed by atoms with Crippen molar-refractivity contribution in [1.29, 1.82) is 0 Å². The highest BCUT2D eigenvalue weighted by atomic mass is 15.5. The first-order chi connectivity index (χ1) is 9.08. The average molecular weight is 259 g/mol. The summed E-state index contributed by atoms with van der Waals surface area (Å²) in [4.78, 5) is 0. The fourth-order valence-corrected chi connectivity index (χ4v) is 1.91. The maximum atomic E-state index is 4.14. The van der Waals surface area contributed by atoms with E-state index in [1.807, 2.05) is 12.1 Å². The molecular formula is C14H21N5. The van der Waals surface area contributed by atoms with Gasteiger partial charge in [-0.05, 0) is 54.4 Å². The van der Waals surface area contributed by atoms with Crippen LogP contribution in [-0.4, -0.2) is 26.8 Å². The van der Waals surface area contributed by atoms with Crippen LogP contribution >= 0.6 is 0 Å². The molecule has 5 nitrogen and oxygen atoms in total. The van der Waals surface area contributed by atoms with Gasteiger partial charge in [-0.15, -0.1) is 5.10 Å². The highest BCUT2D eigenvalue weighted by molar-refractivity contribution is 5.35. The van der Waals surface area contributed by atoms with E-state index in [-0.39, 0.29) is 6.04 Å². The molecule has 0 amide bonds. The van der Waals surface area contributed by atoms with Crippen molar-refractivity contribution < 1.29 is 0 Å². The molecule has 0 saturated heterocycles. The Hall–Kier alpha value is -1.75. The van der Waals surface area contributed by atoms with Crippen LogP contribution in [-0.2, 0) is 0 Å². The maximum Gasteiger partial charge on any atom is 0.173 e. The van der Waals surface area contributed by atoms with E-state index in [1.54, 1.807) is 4.68 Å². The number of hydrogen-bond donors (Lipinski definition) is 1. The monoisotopic (exact) mass is 259 g/mol. The number of nitrogens with one attached hydrogen (secondary N) is 1. The highest BCUT2D eigenvalue weighted by Gasteiger charge is 2.15. The van der Waals surface area contributed by atoms with Crippen molar-refractivity contribution >= 4 is 0 Å². The zero-order chi connectivity index (χ0) is 13.8. The molecule has 0 fully saturated rings. The van der Waals surface area contributed by atoms with Gasteiger partial charge in [0.15, 0.2) is 5.82 Å². The molecule has 0 aliphatic heterocycles. The van der Waals surface area contributed by atoms with E-state index in [0.717, 1.165) is 18.1 Å². The lowest BCUT2D eigenvalue weighted by Gasteiger charge is -2.15. The van der Waals surface area contributed by atoms with Gasteiger partial charge >= 0.3 is 0 Å². The van der Waals surface area contributed by atoms with Gasteiger partial charge in [0.05, 0.1) is 11.7 Å². The molecule has 0 aliphatic rings. The largest absolute Gasteiger partial charge is 0.307 e. The summed E-state index contributed by atoms with van der Waals surface area (Å²) in [6.45, 7) is 9.46. The molecule has 0 aliphatic carbocycles. The molecule has 0 bridgehead atoms. The number of rotatable bonds is 5. The molecule has 0 saturated carbocycles. The Kier molecular flexibility index (Phi) is 4.27. The van der Waals surface area contributed by atoms with Crippen LogP contribution in [0.5, 0.6) is 0 Å². The summed E-state index contributed by atoms with van der Waals surface area (Å²) in [5.41, 5.74) is 2.19. The first-order valence-corrected chi connectivity index (χ1v) is 6.66. The highest BCUT2D eigenvalue weighted by Crippen LogP contribution is 2.15. The Labute approximate surface area is 114 Å². The van der Waals surface area contributed by atoms with Gasteiger partial charge in [-0.1, -0.05) is 26.0 Å².